The minimum Gasteiger partial charge on any atom is -0.366 e. The Morgan fingerprint density at radius 2 is 2.31 bits per heavy atom. The molecule has 1 aromatic rings. The Kier molecular flexibility index (Phi) is 2.38. The lowest BCUT2D eigenvalue weighted by molar-refractivity contribution is 0.1000. The van der Waals surface area contributed by atoms with Crippen LogP contribution in [-0.2, 0) is 5.54 Å². The molecule has 0 aromatic carbocycles. The highest BCUT2D eigenvalue weighted by Crippen LogP contribution is 2.12. The fraction of sp³-hybridized carbons (Fsp3) is 0.500. The molecule has 4 N–H and O–H groups in total. The third kappa shape index (κ3) is 1.86. The summed E-state index contributed by atoms with van der Waals surface area (Å²) in [6.07, 6.45) is 3.05. The van der Waals surface area contributed by atoms with Crippen molar-refractivity contribution < 1.29 is 4.79 Å². The quantitative estimate of drug-likeness (QED) is 0.671. The number of aromatic nitrogens is 2. The molecule has 5 heteroatoms. The Labute approximate surface area is 76.7 Å². The monoisotopic (exact) mass is 182 g/mol. The zero-order valence-electron chi connectivity index (χ0n) is 7.82. The van der Waals surface area contributed by atoms with Gasteiger partial charge in [-0.25, -0.2) is 0 Å². The molecule has 0 saturated heterocycles. The molecule has 0 saturated carbocycles. The molecule has 13 heavy (non-hydrogen) atoms. The van der Waals surface area contributed by atoms with E-state index in [1.807, 2.05) is 13.8 Å². The predicted molar refractivity (Wildman–Crippen MR) is 49.1 cm³/mol. The molecule has 0 bridgehead atoms. The van der Waals surface area contributed by atoms with Crippen molar-refractivity contribution in [2.45, 2.75) is 19.4 Å². The smallest absolute Gasteiger partial charge is 0.251 e. The first-order valence-corrected chi connectivity index (χ1v) is 4.02. The van der Waals surface area contributed by atoms with Crippen LogP contribution in [0.5, 0.6) is 0 Å². The largest absolute Gasteiger partial charge is 0.366 e. The molecule has 1 amide bonds. The SMILES string of the molecule is CC(C)(CN)n1cc(C(N)=O)cn1. The van der Waals surface area contributed by atoms with Crippen molar-refractivity contribution in [2.75, 3.05) is 6.54 Å². The number of carbonyl (C=O) groups excluding carboxylic acids is 1. The highest BCUT2D eigenvalue weighted by atomic mass is 16.1. The number of nitrogens with two attached hydrogens (primary N) is 2. The molecule has 0 fully saturated rings. The van der Waals surface area contributed by atoms with Crippen LogP contribution in [0.2, 0.25) is 0 Å². The fourth-order valence-electron chi connectivity index (χ4n) is 0.875. The van der Waals surface area contributed by atoms with Crippen LogP contribution in [0.4, 0.5) is 0 Å². The van der Waals surface area contributed by atoms with Gasteiger partial charge in [0.05, 0.1) is 17.3 Å². The van der Waals surface area contributed by atoms with E-state index in [9.17, 15) is 4.79 Å². The van der Waals surface area contributed by atoms with Gasteiger partial charge in [-0.3, -0.25) is 9.48 Å². The van der Waals surface area contributed by atoms with E-state index in [-0.39, 0.29) is 5.54 Å². The summed E-state index contributed by atoms with van der Waals surface area (Å²) in [5.74, 6) is -0.473. The summed E-state index contributed by atoms with van der Waals surface area (Å²) in [6.45, 7) is 4.32. The maximum absolute atomic E-state index is 10.8. The molecular weight excluding hydrogens is 168 g/mol. The Morgan fingerprint density at radius 1 is 1.69 bits per heavy atom. The van der Waals surface area contributed by atoms with Crippen molar-refractivity contribution >= 4 is 5.91 Å². The second-order valence-corrected chi connectivity index (χ2v) is 3.55. The number of hydrogen-bond donors (Lipinski definition) is 2. The van der Waals surface area contributed by atoms with E-state index in [1.165, 1.54) is 6.20 Å². The zero-order valence-corrected chi connectivity index (χ0v) is 7.82. The third-order valence-electron chi connectivity index (χ3n) is 1.99. The Bertz CT molecular complexity index is 316. The summed E-state index contributed by atoms with van der Waals surface area (Å²) in [5.41, 5.74) is 10.8. The minimum atomic E-state index is -0.473. The number of carbonyl (C=O) groups is 1. The summed E-state index contributed by atoms with van der Waals surface area (Å²) in [7, 11) is 0. The van der Waals surface area contributed by atoms with Crippen LogP contribution in [0.1, 0.15) is 24.2 Å². The van der Waals surface area contributed by atoms with E-state index >= 15 is 0 Å². The van der Waals surface area contributed by atoms with Gasteiger partial charge in [-0.15, -0.1) is 0 Å². The highest BCUT2D eigenvalue weighted by Gasteiger charge is 2.19. The van der Waals surface area contributed by atoms with Gasteiger partial charge in [0.15, 0.2) is 0 Å². The van der Waals surface area contributed by atoms with Crippen molar-refractivity contribution in [3.63, 3.8) is 0 Å². The molecular formula is C8H14N4O. The van der Waals surface area contributed by atoms with Gasteiger partial charge in [-0.1, -0.05) is 0 Å². The predicted octanol–water partition coefficient (Wildman–Crippen LogP) is -0.324. The maximum atomic E-state index is 10.8. The van der Waals surface area contributed by atoms with E-state index in [0.29, 0.717) is 12.1 Å². The Morgan fingerprint density at radius 3 is 2.69 bits per heavy atom. The molecule has 0 aliphatic rings. The molecule has 1 aromatic heterocycles. The molecule has 0 aliphatic carbocycles. The van der Waals surface area contributed by atoms with Gasteiger partial charge in [0.2, 0.25) is 0 Å². The average Bonchev–Trinajstić information content (AvgIpc) is 2.52. The zero-order chi connectivity index (χ0) is 10.1. The van der Waals surface area contributed by atoms with E-state index in [0.717, 1.165) is 0 Å². The molecule has 0 aliphatic heterocycles. The summed E-state index contributed by atoms with van der Waals surface area (Å²) < 4.78 is 1.65. The van der Waals surface area contributed by atoms with Crippen LogP contribution >= 0.6 is 0 Å². The van der Waals surface area contributed by atoms with E-state index in [4.69, 9.17) is 11.5 Å². The van der Waals surface area contributed by atoms with Gasteiger partial charge in [0, 0.05) is 12.7 Å². The summed E-state index contributed by atoms with van der Waals surface area (Å²) in [6, 6.07) is 0. The number of amides is 1. The van der Waals surface area contributed by atoms with Crippen LogP contribution < -0.4 is 11.5 Å². The molecule has 0 atom stereocenters. The van der Waals surface area contributed by atoms with Crippen molar-refractivity contribution in [3.05, 3.63) is 18.0 Å². The second-order valence-electron chi connectivity index (χ2n) is 3.55. The van der Waals surface area contributed by atoms with Crippen LogP contribution in [0.25, 0.3) is 0 Å². The standard InChI is InChI=1S/C8H14N4O/c1-8(2,5-9)12-4-6(3-11-12)7(10)13/h3-4H,5,9H2,1-2H3,(H2,10,13). The van der Waals surface area contributed by atoms with Gasteiger partial charge in [0.25, 0.3) is 5.91 Å². The van der Waals surface area contributed by atoms with Crippen LogP contribution in [0.3, 0.4) is 0 Å². The lowest BCUT2D eigenvalue weighted by Crippen LogP contribution is -2.35. The van der Waals surface area contributed by atoms with Crippen molar-refractivity contribution in [1.82, 2.24) is 9.78 Å². The van der Waals surface area contributed by atoms with E-state index in [1.54, 1.807) is 10.9 Å². The molecule has 1 heterocycles. The van der Waals surface area contributed by atoms with Gasteiger partial charge in [0.1, 0.15) is 0 Å². The van der Waals surface area contributed by atoms with E-state index < -0.39 is 5.91 Å². The average molecular weight is 182 g/mol. The number of primary amides is 1. The number of rotatable bonds is 3. The molecule has 0 spiro atoms. The number of nitrogens with zero attached hydrogens (tertiary/aromatic N) is 2. The van der Waals surface area contributed by atoms with Gasteiger partial charge < -0.3 is 11.5 Å². The summed E-state index contributed by atoms with van der Waals surface area (Å²) in [4.78, 5) is 10.8. The summed E-state index contributed by atoms with van der Waals surface area (Å²) >= 11 is 0. The van der Waals surface area contributed by atoms with Gasteiger partial charge in [-0.05, 0) is 13.8 Å². The third-order valence-corrected chi connectivity index (χ3v) is 1.99. The van der Waals surface area contributed by atoms with Gasteiger partial charge in [-0.2, -0.15) is 5.10 Å². The van der Waals surface area contributed by atoms with Crippen molar-refractivity contribution in [1.29, 1.82) is 0 Å². The summed E-state index contributed by atoms with van der Waals surface area (Å²) in [5, 5.41) is 4.02. The minimum absolute atomic E-state index is 0.284. The van der Waals surface area contributed by atoms with Gasteiger partial charge >= 0.3 is 0 Å². The maximum Gasteiger partial charge on any atom is 0.251 e. The first kappa shape index (κ1) is 9.73. The molecule has 0 unspecified atom stereocenters. The lowest BCUT2D eigenvalue weighted by atomic mass is 10.1. The Balaban J connectivity index is 2.98. The molecule has 72 valence electrons. The Hall–Kier alpha value is -1.36. The topological polar surface area (TPSA) is 86.9 Å². The van der Waals surface area contributed by atoms with Crippen LogP contribution in [0, 0.1) is 0 Å². The van der Waals surface area contributed by atoms with Crippen molar-refractivity contribution in [3.8, 4) is 0 Å². The molecule has 0 radical (unpaired) electrons. The molecule has 1 rings (SSSR count). The molecule has 5 nitrogen and oxygen atoms in total. The highest BCUT2D eigenvalue weighted by molar-refractivity contribution is 5.92. The van der Waals surface area contributed by atoms with Crippen molar-refractivity contribution in [2.24, 2.45) is 11.5 Å². The fourth-order valence-corrected chi connectivity index (χ4v) is 0.875. The van der Waals surface area contributed by atoms with Crippen LogP contribution in [0.15, 0.2) is 12.4 Å². The number of hydrogen-bond acceptors (Lipinski definition) is 3. The van der Waals surface area contributed by atoms with E-state index in [2.05, 4.69) is 5.10 Å². The van der Waals surface area contributed by atoms with Crippen LogP contribution in [-0.4, -0.2) is 22.2 Å². The first-order valence-electron chi connectivity index (χ1n) is 4.02. The lowest BCUT2D eigenvalue weighted by Gasteiger charge is -2.22. The second kappa shape index (κ2) is 3.18. The normalized spacial score (nSPS) is 11.6. The first-order chi connectivity index (χ1) is 5.97.